The topological polar surface area (TPSA) is 50.3 Å². The fraction of sp³-hybridized carbons (Fsp3) is 0.125. The summed E-state index contributed by atoms with van der Waals surface area (Å²) < 4.78 is 0. The summed E-state index contributed by atoms with van der Waals surface area (Å²) >= 11 is 0. The zero-order chi connectivity index (χ0) is 13.8. The molecule has 20 heavy (non-hydrogen) atoms. The van der Waals surface area contributed by atoms with Crippen LogP contribution >= 0.6 is 0 Å². The van der Waals surface area contributed by atoms with E-state index >= 15 is 0 Å². The number of nitrogens with zero attached hydrogens (tertiary/aromatic N) is 2. The van der Waals surface area contributed by atoms with Gasteiger partial charge in [-0.15, -0.1) is 0 Å². The number of fused-ring (bicyclic) bond motifs is 1. The maximum absolute atomic E-state index is 5.36. The molecule has 0 fully saturated rings. The third-order valence-corrected chi connectivity index (χ3v) is 3.01. The van der Waals surface area contributed by atoms with Crippen molar-refractivity contribution in [2.75, 3.05) is 0 Å². The van der Waals surface area contributed by atoms with Crippen LogP contribution in [-0.4, -0.2) is 15.7 Å². The summed E-state index contributed by atoms with van der Waals surface area (Å²) in [6.45, 7) is 2.33. The van der Waals surface area contributed by atoms with Crippen LogP contribution < -0.4 is 0 Å². The van der Waals surface area contributed by atoms with Crippen molar-refractivity contribution in [2.24, 2.45) is 5.16 Å². The summed E-state index contributed by atoms with van der Waals surface area (Å²) in [7, 11) is 0. The lowest BCUT2D eigenvalue weighted by Gasteiger charge is -2.00. The van der Waals surface area contributed by atoms with E-state index in [1.807, 2.05) is 61.5 Å². The molecule has 3 rings (SSSR count). The molecule has 0 atom stereocenters. The van der Waals surface area contributed by atoms with Crippen LogP contribution in [0.15, 0.2) is 59.8 Å². The summed E-state index contributed by atoms with van der Waals surface area (Å²) in [6.07, 6.45) is 0. The van der Waals surface area contributed by atoms with Crippen molar-refractivity contribution in [3.63, 3.8) is 0 Å². The van der Waals surface area contributed by atoms with Gasteiger partial charge in [-0.25, -0.2) is 4.98 Å². The molecule has 4 nitrogen and oxygen atoms in total. The Hall–Kier alpha value is -2.62. The van der Waals surface area contributed by atoms with Gasteiger partial charge in [-0.1, -0.05) is 47.6 Å². The number of aromatic amines is 1. The largest absolute Gasteiger partial charge is 0.391 e. The molecular formula is C16H15N3O. The highest BCUT2D eigenvalue weighted by atomic mass is 16.6. The second-order valence-corrected chi connectivity index (χ2v) is 4.54. The first-order valence-electron chi connectivity index (χ1n) is 6.48. The van der Waals surface area contributed by atoms with Gasteiger partial charge in [0.05, 0.1) is 11.0 Å². The normalized spacial score (nSPS) is 11.8. The summed E-state index contributed by atoms with van der Waals surface area (Å²) in [5, 5.41) is 4.11. The lowest BCUT2D eigenvalue weighted by Crippen LogP contribution is -1.99. The van der Waals surface area contributed by atoms with Crippen molar-refractivity contribution < 1.29 is 4.84 Å². The molecule has 0 bridgehead atoms. The van der Waals surface area contributed by atoms with Crippen molar-refractivity contribution in [2.45, 2.75) is 13.5 Å². The summed E-state index contributed by atoms with van der Waals surface area (Å²) in [5.41, 5.74) is 3.76. The van der Waals surface area contributed by atoms with Crippen molar-refractivity contribution in [1.29, 1.82) is 0 Å². The van der Waals surface area contributed by atoms with E-state index in [0.717, 1.165) is 28.1 Å². The molecule has 1 N–H and O–H groups in total. The predicted molar refractivity (Wildman–Crippen MR) is 79.5 cm³/mol. The van der Waals surface area contributed by atoms with Gasteiger partial charge in [0, 0.05) is 0 Å². The molecule has 100 valence electrons. The van der Waals surface area contributed by atoms with Crippen molar-refractivity contribution in [1.82, 2.24) is 9.97 Å². The van der Waals surface area contributed by atoms with Crippen LogP contribution in [0.4, 0.5) is 0 Å². The summed E-state index contributed by atoms with van der Waals surface area (Å²) in [5.74, 6) is 0.735. The molecule has 0 unspecified atom stereocenters. The number of hydrogen-bond donors (Lipinski definition) is 1. The molecule has 0 radical (unpaired) electrons. The van der Waals surface area contributed by atoms with E-state index < -0.39 is 0 Å². The molecular weight excluding hydrogens is 250 g/mol. The highest BCUT2D eigenvalue weighted by Crippen LogP contribution is 2.11. The Kier molecular flexibility index (Phi) is 3.46. The zero-order valence-electron chi connectivity index (χ0n) is 11.2. The van der Waals surface area contributed by atoms with Crippen LogP contribution in [0, 0.1) is 0 Å². The van der Waals surface area contributed by atoms with Gasteiger partial charge in [0.2, 0.25) is 0 Å². The molecule has 1 aromatic heterocycles. The average molecular weight is 265 g/mol. The summed E-state index contributed by atoms with van der Waals surface area (Å²) in [6, 6.07) is 17.8. The van der Waals surface area contributed by atoms with E-state index in [4.69, 9.17) is 4.84 Å². The fourth-order valence-corrected chi connectivity index (χ4v) is 1.95. The van der Waals surface area contributed by atoms with Crippen molar-refractivity contribution in [3.05, 3.63) is 66.0 Å². The zero-order valence-corrected chi connectivity index (χ0v) is 11.2. The molecule has 0 amide bonds. The van der Waals surface area contributed by atoms with Crippen LogP contribution in [0.3, 0.4) is 0 Å². The molecule has 0 saturated heterocycles. The van der Waals surface area contributed by atoms with Crippen molar-refractivity contribution >= 4 is 16.7 Å². The van der Waals surface area contributed by atoms with Gasteiger partial charge in [-0.3, -0.25) is 0 Å². The Bertz CT molecular complexity index is 699. The maximum Gasteiger partial charge on any atom is 0.156 e. The number of nitrogens with one attached hydrogen (secondary N) is 1. The van der Waals surface area contributed by atoms with Gasteiger partial charge < -0.3 is 9.82 Å². The SMILES string of the molecule is C/C(=N\OCc1ccccc1)c1nc2ccccc2[nH]1. The van der Waals surface area contributed by atoms with Crippen LogP contribution in [0.1, 0.15) is 18.3 Å². The monoisotopic (exact) mass is 265 g/mol. The maximum atomic E-state index is 5.36. The van der Waals surface area contributed by atoms with Gasteiger partial charge in [0.15, 0.2) is 5.82 Å². The van der Waals surface area contributed by atoms with E-state index in [2.05, 4.69) is 15.1 Å². The first kappa shape index (κ1) is 12.4. The minimum Gasteiger partial charge on any atom is -0.391 e. The van der Waals surface area contributed by atoms with E-state index in [9.17, 15) is 0 Å². The predicted octanol–water partition coefficient (Wildman–Crippen LogP) is 3.50. The Morgan fingerprint density at radius 3 is 2.65 bits per heavy atom. The van der Waals surface area contributed by atoms with Crippen LogP contribution in [0.2, 0.25) is 0 Å². The fourth-order valence-electron chi connectivity index (χ4n) is 1.95. The molecule has 0 aliphatic rings. The quantitative estimate of drug-likeness (QED) is 0.579. The number of rotatable bonds is 4. The van der Waals surface area contributed by atoms with Gasteiger partial charge in [0.1, 0.15) is 12.3 Å². The van der Waals surface area contributed by atoms with E-state index in [1.165, 1.54) is 0 Å². The number of hydrogen-bond acceptors (Lipinski definition) is 3. The van der Waals surface area contributed by atoms with Crippen LogP contribution in [0.25, 0.3) is 11.0 Å². The van der Waals surface area contributed by atoms with Gasteiger partial charge >= 0.3 is 0 Å². The molecule has 0 aliphatic carbocycles. The van der Waals surface area contributed by atoms with Gasteiger partial charge in [0.25, 0.3) is 0 Å². The first-order chi connectivity index (χ1) is 9.83. The lowest BCUT2D eigenvalue weighted by molar-refractivity contribution is 0.130. The Morgan fingerprint density at radius 1 is 1.10 bits per heavy atom. The standard InChI is InChI=1S/C16H15N3O/c1-12(19-20-11-13-7-3-2-4-8-13)16-17-14-9-5-6-10-15(14)18-16/h2-10H,11H2,1H3,(H,17,18)/b19-12+. The number of oxime groups is 1. The number of aromatic nitrogens is 2. The molecule has 0 saturated carbocycles. The second kappa shape index (κ2) is 5.57. The number of imidazole rings is 1. The van der Waals surface area contributed by atoms with Gasteiger partial charge in [-0.2, -0.15) is 0 Å². The number of benzene rings is 2. The highest BCUT2D eigenvalue weighted by Gasteiger charge is 2.05. The Labute approximate surface area is 117 Å². The van der Waals surface area contributed by atoms with E-state index in [-0.39, 0.29) is 0 Å². The first-order valence-corrected chi connectivity index (χ1v) is 6.48. The second-order valence-electron chi connectivity index (χ2n) is 4.54. The average Bonchev–Trinajstić information content (AvgIpc) is 2.92. The third kappa shape index (κ3) is 2.69. The molecule has 3 aromatic rings. The minimum absolute atomic E-state index is 0.457. The molecule has 2 aromatic carbocycles. The molecule has 0 spiro atoms. The molecule has 1 heterocycles. The van der Waals surface area contributed by atoms with E-state index in [0.29, 0.717) is 6.61 Å². The minimum atomic E-state index is 0.457. The third-order valence-electron chi connectivity index (χ3n) is 3.01. The van der Waals surface area contributed by atoms with Crippen LogP contribution in [0.5, 0.6) is 0 Å². The van der Waals surface area contributed by atoms with Crippen LogP contribution in [-0.2, 0) is 11.4 Å². The Morgan fingerprint density at radius 2 is 1.85 bits per heavy atom. The highest BCUT2D eigenvalue weighted by molar-refractivity contribution is 5.97. The van der Waals surface area contributed by atoms with Gasteiger partial charge in [-0.05, 0) is 24.6 Å². The van der Waals surface area contributed by atoms with Crippen molar-refractivity contribution in [3.8, 4) is 0 Å². The lowest BCUT2D eigenvalue weighted by atomic mass is 10.2. The number of para-hydroxylation sites is 2. The van der Waals surface area contributed by atoms with E-state index in [1.54, 1.807) is 0 Å². The molecule has 4 heteroatoms. The number of H-pyrrole nitrogens is 1. The summed E-state index contributed by atoms with van der Waals surface area (Å²) in [4.78, 5) is 13.1. The molecule has 0 aliphatic heterocycles. The smallest absolute Gasteiger partial charge is 0.156 e. The Balaban J connectivity index is 1.71.